The van der Waals surface area contributed by atoms with Crippen molar-refractivity contribution >= 4 is 5.91 Å². The summed E-state index contributed by atoms with van der Waals surface area (Å²) in [6.07, 6.45) is 2.52. The topological polar surface area (TPSA) is 57.5 Å². The van der Waals surface area contributed by atoms with Crippen molar-refractivity contribution in [2.75, 3.05) is 20.1 Å². The Morgan fingerprint density at radius 1 is 1.27 bits per heavy atom. The van der Waals surface area contributed by atoms with E-state index in [1.165, 1.54) is 12.1 Å². The first-order chi connectivity index (χ1) is 12.5. The molecule has 1 aliphatic rings. The zero-order chi connectivity index (χ0) is 18.7. The van der Waals surface area contributed by atoms with Crippen molar-refractivity contribution < 1.29 is 14.3 Å². The molecule has 26 heavy (non-hydrogen) atoms. The summed E-state index contributed by atoms with van der Waals surface area (Å²) < 4.78 is 15.0. The number of carbonyl (C=O) groups is 1. The SMILES string of the molecule is CNC(=O)c1ccc([C@H]2CCCCN2C[C@H](O)c2ccc(F)cc2)n1C. The van der Waals surface area contributed by atoms with E-state index in [2.05, 4.69) is 10.2 Å². The Bertz CT molecular complexity index is 757. The summed E-state index contributed by atoms with van der Waals surface area (Å²) in [7, 11) is 3.53. The zero-order valence-electron chi connectivity index (χ0n) is 15.3. The fourth-order valence-corrected chi connectivity index (χ4v) is 3.77. The van der Waals surface area contributed by atoms with Crippen LogP contribution in [0.25, 0.3) is 0 Å². The molecule has 1 aromatic carbocycles. The van der Waals surface area contributed by atoms with Gasteiger partial charge in [0, 0.05) is 26.3 Å². The van der Waals surface area contributed by atoms with Gasteiger partial charge in [-0.25, -0.2) is 4.39 Å². The Kier molecular flexibility index (Phi) is 5.74. The summed E-state index contributed by atoms with van der Waals surface area (Å²) in [5.41, 5.74) is 2.43. The van der Waals surface area contributed by atoms with Gasteiger partial charge in [0.05, 0.1) is 12.1 Å². The van der Waals surface area contributed by atoms with Crippen LogP contribution in [-0.4, -0.2) is 40.6 Å². The molecule has 0 bridgehead atoms. The maximum Gasteiger partial charge on any atom is 0.267 e. The first-order valence-electron chi connectivity index (χ1n) is 9.06. The Morgan fingerprint density at radius 2 is 2.00 bits per heavy atom. The lowest BCUT2D eigenvalue weighted by Crippen LogP contribution is -2.37. The summed E-state index contributed by atoms with van der Waals surface area (Å²) >= 11 is 0. The molecular weight excluding hydrogens is 333 g/mol. The van der Waals surface area contributed by atoms with E-state index < -0.39 is 6.10 Å². The molecule has 3 rings (SSSR count). The second kappa shape index (κ2) is 8.01. The number of β-amino-alcohol motifs (C(OH)–C–C–N with tert-alkyl or cyclic N) is 1. The highest BCUT2D eigenvalue weighted by Crippen LogP contribution is 2.33. The molecule has 0 radical (unpaired) electrons. The Morgan fingerprint density at radius 3 is 2.69 bits per heavy atom. The van der Waals surface area contributed by atoms with Crippen LogP contribution in [0.5, 0.6) is 0 Å². The van der Waals surface area contributed by atoms with Crippen molar-refractivity contribution in [1.29, 1.82) is 0 Å². The molecule has 0 aliphatic carbocycles. The zero-order valence-corrected chi connectivity index (χ0v) is 15.3. The molecule has 0 unspecified atom stereocenters. The highest BCUT2D eigenvalue weighted by molar-refractivity contribution is 5.92. The number of halogens is 1. The molecule has 0 spiro atoms. The van der Waals surface area contributed by atoms with E-state index in [1.54, 1.807) is 19.2 Å². The molecule has 1 aromatic heterocycles. The van der Waals surface area contributed by atoms with Crippen LogP contribution in [0, 0.1) is 5.82 Å². The minimum absolute atomic E-state index is 0.104. The van der Waals surface area contributed by atoms with Crippen LogP contribution in [0.1, 0.15) is 53.2 Å². The van der Waals surface area contributed by atoms with Crippen LogP contribution in [-0.2, 0) is 7.05 Å². The third-order valence-corrected chi connectivity index (χ3v) is 5.24. The number of aliphatic hydroxyl groups excluding tert-OH is 1. The number of benzene rings is 1. The summed E-state index contributed by atoms with van der Waals surface area (Å²) in [6, 6.07) is 10.0. The largest absolute Gasteiger partial charge is 0.387 e. The van der Waals surface area contributed by atoms with Crippen molar-refractivity contribution in [2.24, 2.45) is 7.05 Å². The summed E-state index contributed by atoms with van der Waals surface area (Å²) in [5.74, 6) is -0.408. The number of hydrogen-bond donors (Lipinski definition) is 2. The van der Waals surface area contributed by atoms with Crippen LogP contribution in [0.3, 0.4) is 0 Å². The van der Waals surface area contributed by atoms with Crippen molar-refractivity contribution in [1.82, 2.24) is 14.8 Å². The smallest absolute Gasteiger partial charge is 0.267 e. The van der Waals surface area contributed by atoms with Gasteiger partial charge in [-0.15, -0.1) is 0 Å². The van der Waals surface area contributed by atoms with E-state index in [-0.39, 0.29) is 17.8 Å². The normalized spacial score (nSPS) is 19.3. The Hall–Kier alpha value is -2.18. The number of rotatable bonds is 5. The van der Waals surface area contributed by atoms with E-state index in [1.807, 2.05) is 23.7 Å². The molecule has 0 saturated carbocycles. The molecule has 2 aromatic rings. The van der Waals surface area contributed by atoms with Crippen LogP contribution in [0.15, 0.2) is 36.4 Å². The second-order valence-electron chi connectivity index (χ2n) is 6.86. The molecule has 1 fully saturated rings. The lowest BCUT2D eigenvalue weighted by atomic mass is 9.98. The molecule has 140 valence electrons. The number of aliphatic hydroxyl groups is 1. The van der Waals surface area contributed by atoms with E-state index in [0.29, 0.717) is 17.8 Å². The highest BCUT2D eigenvalue weighted by atomic mass is 19.1. The molecular formula is C20H26FN3O2. The van der Waals surface area contributed by atoms with Gasteiger partial charge in [-0.3, -0.25) is 9.69 Å². The fourth-order valence-electron chi connectivity index (χ4n) is 3.77. The monoisotopic (exact) mass is 359 g/mol. The van der Waals surface area contributed by atoms with Crippen molar-refractivity contribution in [3.05, 3.63) is 59.2 Å². The van der Waals surface area contributed by atoms with Crippen molar-refractivity contribution in [2.45, 2.75) is 31.4 Å². The number of nitrogens with zero attached hydrogens (tertiary/aromatic N) is 2. The third kappa shape index (κ3) is 3.81. The van der Waals surface area contributed by atoms with Crippen LogP contribution >= 0.6 is 0 Å². The number of nitrogens with one attached hydrogen (secondary N) is 1. The highest BCUT2D eigenvalue weighted by Gasteiger charge is 2.29. The van der Waals surface area contributed by atoms with Crippen LogP contribution in [0.2, 0.25) is 0 Å². The van der Waals surface area contributed by atoms with E-state index in [0.717, 1.165) is 31.5 Å². The molecule has 6 heteroatoms. The second-order valence-corrected chi connectivity index (χ2v) is 6.86. The average Bonchev–Trinajstić information content (AvgIpc) is 3.03. The van der Waals surface area contributed by atoms with Crippen LogP contribution in [0.4, 0.5) is 4.39 Å². The third-order valence-electron chi connectivity index (χ3n) is 5.24. The van der Waals surface area contributed by atoms with Gasteiger partial charge in [0.1, 0.15) is 11.5 Å². The van der Waals surface area contributed by atoms with E-state index >= 15 is 0 Å². The summed E-state index contributed by atoms with van der Waals surface area (Å²) in [4.78, 5) is 14.3. The van der Waals surface area contributed by atoms with Gasteiger partial charge in [-0.05, 0) is 49.2 Å². The fraction of sp³-hybridized carbons (Fsp3) is 0.450. The van der Waals surface area contributed by atoms with E-state index in [4.69, 9.17) is 0 Å². The maximum atomic E-state index is 13.1. The summed E-state index contributed by atoms with van der Waals surface area (Å²) in [6.45, 7) is 1.38. The van der Waals surface area contributed by atoms with Gasteiger partial charge >= 0.3 is 0 Å². The summed E-state index contributed by atoms with van der Waals surface area (Å²) in [5, 5.41) is 13.3. The lowest BCUT2D eigenvalue weighted by Gasteiger charge is -2.37. The number of aromatic nitrogens is 1. The maximum absolute atomic E-state index is 13.1. The molecule has 5 nitrogen and oxygen atoms in total. The first-order valence-corrected chi connectivity index (χ1v) is 9.06. The number of likely N-dealkylation sites (tertiary alicyclic amines) is 1. The predicted molar refractivity (Wildman–Crippen MR) is 98.3 cm³/mol. The minimum atomic E-state index is -0.671. The van der Waals surface area contributed by atoms with Crippen molar-refractivity contribution in [3.8, 4) is 0 Å². The first kappa shape index (κ1) is 18.6. The van der Waals surface area contributed by atoms with Crippen LogP contribution < -0.4 is 5.32 Å². The standard InChI is InChI=1S/C20H26FN3O2/c1-22-20(26)18-11-10-16(23(18)2)17-5-3-4-12-24(17)13-19(25)14-6-8-15(21)9-7-14/h6-11,17,19,25H,3-5,12-13H2,1-2H3,(H,22,26)/t17-,19+/m1/s1. The van der Waals surface area contributed by atoms with Gasteiger partial charge < -0.3 is 15.0 Å². The quantitative estimate of drug-likeness (QED) is 0.863. The molecule has 1 saturated heterocycles. The molecule has 1 aliphatic heterocycles. The van der Waals surface area contributed by atoms with Gasteiger partial charge in [0.2, 0.25) is 0 Å². The van der Waals surface area contributed by atoms with Gasteiger partial charge in [-0.1, -0.05) is 18.6 Å². The van der Waals surface area contributed by atoms with Gasteiger partial charge in [-0.2, -0.15) is 0 Å². The lowest BCUT2D eigenvalue weighted by molar-refractivity contribution is 0.0640. The Labute approximate surface area is 153 Å². The number of piperidine rings is 1. The van der Waals surface area contributed by atoms with Crippen molar-refractivity contribution in [3.63, 3.8) is 0 Å². The molecule has 1 amide bonds. The molecule has 2 atom stereocenters. The van der Waals surface area contributed by atoms with Gasteiger partial charge in [0.15, 0.2) is 0 Å². The minimum Gasteiger partial charge on any atom is -0.387 e. The average molecular weight is 359 g/mol. The Balaban J connectivity index is 1.79. The van der Waals surface area contributed by atoms with Gasteiger partial charge in [0.25, 0.3) is 5.91 Å². The predicted octanol–water partition coefficient (Wildman–Crippen LogP) is 2.78. The molecule has 2 heterocycles. The number of amides is 1. The number of hydrogen-bond acceptors (Lipinski definition) is 3. The van der Waals surface area contributed by atoms with E-state index in [9.17, 15) is 14.3 Å². The number of carbonyl (C=O) groups excluding carboxylic acids is 1. The molecule has 2 N–H and O–H groups in total.